The van der Waals surface area contributed by atoms with Crippen molar-refractivity contribution in [2.45, 2.75) is 6.42 Å². The lowest BCUT2D eigenvalue weighted by molar-refractivity contribution is -0.136. The van der Waals surface area contributed by atoms with Crippen LogP contribution in [0.1, 0.15) is 5.01 Å². The molecule has 5 nitrogen and oxygen atoms in total. The van der Waals surface area contributed by atoms with E-state index in [-0.39, 0.29) is 6.42 Å². The Morgan fingerprint density at radius 2 is 2.09 bits per heavy atom. The third-order valence-electron chi connectivity index (χ3n) is 3.12. The summed E-state index contributed by atoms with van der Waals surface area (Å²) in [5.74, 6) is -0.523. The summed E-state index contributed by atoms with van der Waals surface area (Å²) in [5, 5.41) is 10.1. The number of nitrogens with zero attached hydrogens (tertiary/aromatic N) is 2. The minimum Gasteiger partial charge on any atom is -0.481 e. The van der Waals surface area contributed by atoms with Crippen LogP contribution in [0.2, 0.25) is 5.02 Å². The van der Waals surface area contributed by atoms with Crippen molar-refractivity contribution in [3.63, 3.8) is 0 Å². The van der Waals surface area contributed by atoms with Gasteiger partial charge < -0.3 is 10.8 Å². The van der Waals surface area contributed by atoms with Crippen LogP contribution in [0.25, 0.3) is 21.7 Å². The van der Waals surface area contributed by atoms with Gasteiger partial charge in [0.15, 0.2) is 0 Å². The van der Waals surface area contributed by atoms with E-state index in [4.69, 9.17) is 22.4 Å². The summed E-state index contributed by atoms with van der Waals surface area (Å²) in [5.41, 5.74) is 8.13. The summed E-state index contributed by atoms with van der Waals surface area (Å²) >= 11 is 7.39. The van der Waals surface area contributed by atoms with Crippen molar-refractivity contribution in [1.29, 1.82) is 0 Å². The summed E-state index contributed by atoms with van der Waals surface area (Å²) < 4.78 is 0. The molecular formula is C16H12ClN3O2S. The number of aliphatic carboxylic acids is 1. The second-order valence-corrected chi connectivity index (χ2v) is 6.36. The third-order valence-corrected chi connectivity index (χ3v) is 4.45. The van der Waals surface area contributed by atoms with E-state index in [2.05, 4.69) is 9.97 Å². The maximum absolute atomic E-state index is 11.0. The number of hydrogen-bond acceptors (Lipinski definition) is 5. The Kier molecular flexibility index (Phi) is 4.27. The Balaban J connectivity index is 2.16. The van der Waals surface area contributed by atoms with Crippen molar-refractivity contribution in [1.82, 2.24) is 9.97 Å². The van der Waals surface area contributed by atoms with Crippen LogP contribution in [-0.2, 0) is 11.2 Å². The van der Waals surface area contributed by atoms with E-state index >= 15 is 0 Å². The van der Waals surface area contributed by atoms with Crippen LogP contribution in [0.3, 0.4) is 0 Å². The lowest BCUT2D eigenvalue weighted by Gasteiger charge is -2.04. The second kappa shape index (κ2) is 6.36. The van der Waals surface area contributed by atoms with E-state index in [0.717, 1.165) is 16.0 Å². The fourth-order valence-electron chi connectivity index (χ4n) is 2.19. The SMILES string of the molecule is Nc1cc(-c2sc(CC(=O)O)nc2-c2cccc(Cl)c2)ccn1. The minimum atomic E-state index is -0.919. The normalized spacial score (nSPS) is 10.7. The minimum absolute atomic E-state index is 0.126. The van der Waals surface area contributed by atoms with Crippen molar-refractivity contribution >= 4 is 34.7 Å². The molecule has 0 unspecified atom stereocenters. The monoisotopic (exact) mass is 345 g/mol. The Bertz CT molecular complexity index is 816. The summed E-state index contributed by atoms with van der Waals surface area (Å²) in [6, 6.07) is 10.9. The topological polar surface area (TPSA) is 89.1 Å². The van der Waals surface area contributed by atoms with Crippen LogP contribution >= 0.6 is 22.9 Å². The smallest absolute Gasteiger partial charge is 0.310 e. The van der Waals surface area contributed by atoms with Crippen LogP contribution in [-0.4, -0.2) is 21.0 Å². The number of hydrogen-bond donors (Lipinski definition) is 2. The molecule has 0 aliphatic carbocycles. The van der Waals surface area contributed by atoms with Gasteiger partial charge in [-0.2, -0.15) is 0 Å². The first kappa shape index (κ1) is 15.5. The molecule has 0 bridgehead atoms. The summed E-state index contributed by atoms with van der Waals surface area (Å²) in [6.45, 7) is 0. The van der Waals surface area contributed by atoms with Crippen molar-refractivity contribution < 1.29 is 9.90 Å². The summed E-state index contributed by atoms with van der Waals surface area (Å²) in [6.07, 6.45) is 1.49. The highest BCUT2D eigenvalue weighted by atomic mass is 35.5. The Morgan fingerprint density at radius 1 is 1.26 bits per heavy atom. The van der Waals surface area contributed by atoms with Gasteiger partial charge in [0.2, 0.25) is 0 Å². The zero-order chi connectivity index (χ0) is 16.4. The number of halogens is 1. The molecule has 3 rings (SSSR count). The van der Waals surface area contributed by atoms with Gasteiger partial charge >= 0.3 is 5.97 Å². The molecule has 0 aliphatic heterocycles. The van der Waals surface area contributed by atoms with Crippen LogP contribution < -0.4 is 5.73 Å². The lowest BCUT2D eigenvalue weighted by atomic mass is 10.1. The number of pyridine rings is 1. The number of aromatic nitrogens is 2. The molecule has 0 aliphatic rings. The average molecular weight is 346 g/mol. The standard InChI is InChI=1S/C16H12ClN3O2S/c17-11-3-1-2-9(6-11)15-16(10-4-5-19-12(18)7-10)23-13(20-15)8-14(21)22/h1-7H,8H2,(H2,18,19)(H,21,22). The maximum atomic E-state index is 11.0. The molecule has 0 atom stereocenters. The molecule has 0 fully saturated rings. The van der Waals surface area contributed by atoms with Gasteiger partial charge in [0.05, 0.1) is 17.0 Å². The van der Waals surface area contributed by atoms with E-state index in [1.807, 2.05) is 18.2 Å². The molecule has 1 aromatic carbocycles. The van der Waals surface area contributed by atoms with Crippen molar-refractivity contribution in [2.75, 3.05) is 5.73 Å². The first-order valence-electron chi connectivity index (χ1n) is 6.72. The third kappa shape index (κ3) is 3.49. The molecule has 0 amide bonds. The fourth-order valence-corrected chi connectivity index (χ4v) is 3.45. The summed E-state index contributed by atoms with van der Waals surface area (Å²) in [4.78, 5) is 20.3. The van der Waals surface area contributed by atoms with Gasteiger partial charge in [-0.1, -0.05) is 23.7 Å². The molecule has 23 heavy (non-hydrogen) atoms. The van der Waals surface area contributed by atoms with Gasteiger partial charge in [-0.3, -0.25) is 4.79 Å². The second-order valence-electron chi connectivity index (χ2n) is 4.84. The number of anilines is 1. The molecule has 3 aromatic rings. The van der Waals surface area contributed by atoms with E-state index in [1.54, 1.807) is 24.4 Å². The average Bonchev–Trinajstić information content (AvgIpc) is 2.90. The van der Waals surface area contributed by atoms with E-state index in [0.29, 0.717) is 21.5 Å². The number of carboxylic acids is 1. The Hall–Kier alpha value is -2.44. The molecule has 3 N–H and O–H groups in total. The molecule has 0 saturated carbocycles. The predicted molar refractivity (Wildman–Crippen MR) is 91.5 cm³/mol. The van der Waals surface area contributed by atoms with Crippen molar-refractivity contribution in [3.8, 4) is 21.7 Å². The number of thiazole rings is 1. The lowest BCUT2D eigenvalue weighted by Crippen LogP contribution is -1.99. The van der Waals surface area contributed by atoms with E-state index in [1.165, 1.54) is 11.3 Å². The molecule has 2 aromatic heterocycles. The van der Waals surface area contributed by atoms with Gasteiger partial charge in [-0.25, -0.2) is 9.97 Å². The number of carbonyl (C=O) groups is 1. The van der Waals surface area contributed by atoms with Crippen LogP contribution in [0.4, 0.5) is 5.82 Å². The number of benzene rings is 1. The highest BCUT2D eigenvalue weighted by Gasteiger charge is 2.17. The highest BCUT2D eigenvalue weighted by Crippen LogP contribution is 2.38. The Morgan fingerprint density at radius 3 is 2.78 bits per heavy atom. The van der Waals surface area contributed by atoms with E-state index in [9.17, 15) is 4.79 Å². The van der Waals surface area contributed by atoms with Crippen LogP contribution in [0.5, 0.6) is 0 Å². The zero-order valence-electron chi connectivity index (χ0n) is 11.9. The van der Waals surface area contributed by atoms with E-state index < -0.39 is 5.97 Å². The summed E-state index contributed by atoms with van der Waals surface area (Å²) in [7, 11) is 0. The molecule has 116 valence electrons. The number of nitrogen functional groups attached to an aromatic ring is 1. The van der Waals surface area contributed by atoms with Crippen LogP contribution in [0, 0.1) is 0 Å². The predicted octanol–water partition coefficient (Wildman–Crippen LogP) is 3.73. The maximum Gasteiger partial charge on any atom is 0.310 e. The molecular weight excluding hydrogens is 334 g/mol. The van der Waals surface area contributed by atoms with Gasteiger partial charge in [0.25, 0.3) is 0 Å². The van der Waals surface area contributed by atoms with Gasteiger partial charge in [-0.05, 0) is 29.8 Å². The number of rotatable bonds is 4. The molecule has 2 heterocycles. The molecule has 0 spiro atoms. The fraction of sp³-hybridized carbons (Fsp3) is 0.0625. The van der Waals surface area contributed by atoms with Crippen molar-refractivity contribution in [3.05, 3.63) is 52.6 Å². The first-order chi connectivity index (χ1) is 11.0. The highest BCUT2D eigenvalue weighted by molar-refractivity contribution is 7.15. The molecule has 7 heteroatoms. The largest absolute Gasteiger partial charge is 0.481 e. The van der Waals surface area contributed by atoms with Crippen molar-refractivity contribution in [2.24, 2.45) is 0 Å². The van der Waals surface area contributed by atoms with Gasteiger partial charge in [-0.15, -0.1) is 11.3 Å². The Labute approximate surface area is 141 Å². The number of carboxylic acid groups (broad SMARTS) is 1. The first-order valence-corrected chi connectivity index (χ1v) is 7.91. The molecule has 0 saturated heterocycles. The molecule has 0 radical (unpaired) electrons. The quantitative estimate of drug-likeness (QED) is 0.752. The zero-order valence-corrected chi connectivity index (χ0v) is 13.4. The number of nitrogens with two attached hydrogens (primary N) is 1. The van der Waals surface area contributed by atoms with Crippen LogP contribution in [0.15, 0.2) is 42.6 Å². The van der Waals surface area contributed by atoms with Gasteiger partial charge in [0.1, 0.15) is 10.8 Å². The van der Waals surface area contributed by atoms with Gasteiger partial charge in [0, 0.05) is 16.8 Å².